The van der Waals surface area contributed by atoms with Gasteiger partial charge in [-0.05, 0) is 17.0 Å². The molecule has 160 valence electrons. The molecule has 1 saturated heterocycles. The minimum absolute atomic E-state index is 0.306. The van der Waals surface area contributed by atoms with Crippen molar-refractivity contribution in [2.45, 2.75) is 9.75 Å². The lowest BCUT2D eigenvalue weighted by Gasteiger charge is -2.47. The third-order valence-electron chi connectivity index (χ3n) is 5.70. The summed E-state index contributed by atoms with van der Waals surface area (Å²) in [6.07, 6.45) is 0. The van der Waals surface area contributed by atoms with Crippen molar-refractivity contribution in [3.8, 4) is 0 Å². The van der Waals surface area contributed by atoms with E-state index in [4.69, 9.17) is 4.99 Å². The first kappa shape index (κ1) is 20.8. The Morgan fingerprint density at radius 3 is 1.78 bits per heavy atom. The fourth-order valence-electron chi connectivity index (χ4n) is 4.01. The molecule has 0 aliphatic carbocycles. The lowest BCUT2D eigenvalue weighted by atomic mass is 9.84. The van der Waals surface area contributed by atoms with E-state index in [9.17, 15) is 8.42 Å². The second-order valence-electron chi connectivity index (χ2n) is 7.80. The molecule has 0 atom stereocenters. The van der Waals surface area contributed by atoms with Gasteiger partial charge in [-0.3, -0.25) is 4.99 Å². The summed E-state index contributed by atoms with van der Waals surface area (Å²) in [5, 5.41) is 1.79. The number of hydrogen-bond donors (Lipinski definition) is 0. The highest BCUT2D eigenvalue weighted by Crippen LogP contribution is 2.40. The molecular weight excluding hydrogens is 436 g/mol. The standard InChI is InChI=1S/C26H22N2O2S2/c29-32(30,24-17-10-18-31-24)28-19-26(20-28,23-15-8-3-9-16-23)27-25(21-11-4-1-5-12-21)22-13-6-2-7-14-22/h1-18H,19-20H2. The van der Waals surface area contributed by atoms with Crippen molar-refractivity contribution in [3.63, 3.8) is 0 Å². The van der Waals surface area contributed by atoms with Crippen molar-refractivity contribution in [3.05, 3.63) is 125 Å². The minimum atomic E-state index is -3.52. The molecule has 5 rings (SSSR count). The quantitative estimate of drug-likeness (QED) is 0.374. The van der Waals surface area contributed by atoms with E-state index in [2.05, 4.69) is 0 Å². The molecule has 0 N–H and O–H groups in total. The first-order valence-electron chi connectivity index (χ1n) is 10.4. The molecule has 0 unspecified atom stereocenters. The Balaban J connectivity index is 1.61. The van der Waals surface area contributed by atoms with Gasteiger partial charge in [0.15, 0.2) is 0 Å². The van der Waals surface area contributed by atoms with E-state index in [0.29, 0.717) is 17.3 Å². The molecular formula is C26H22N2O2S2. The highest BCUT2D eigenvalue weighted by atomic mass is 32.2. The summed E-state index contributed by atoms with van der Waals surface area (Å²) in [6, 6.07) is 33.6. The van der Waals surface area contributed by atoms with E-state index in [1.165, 1.54) is 15.6 Å². The largest absolute Gasteiger partial charge is 0.270 e. The Kier molecular flexibility index (Phi) is 5.51. The lowest BCUT2D eigenvalue weighted by molar-refractivity contribution is 0.161. The van der Waals surface area contributed by atoms with Gasteiger partial charge in [-0.15, -0.1) is 11.3 Å². The molecule has 1 aliphatic rings. The Labute approximate surface area is 192 Å². The predicted molar refractivity (Wildman–Crippen MR) is 130 cm³/mol. The molecule has 0 bridgehead atoms. The molecule has 2 heterocycles. The Morgan fingerprint density at radius 2 is 1.28 bits per heavy atom. The van der Waals surface area contributed by atoms with Gasteiger partial charge < -0.3 is 0 Å². The van der Waals surface area contributed by atoms with Gasteiger partial charge in [0, 0.05) is 24.2 Å². The van der Waals surface area contributed by atoms with Crippen LogP contribution in [0.4, 0.5) is 0 Å². The molecule has 6 heteroatoms. The number of sulfonamides is 1. The molecule has 1 aliphatic heterocycles. The monoisotopic (exact) mass is 458 g/mol. The molecule has 1 fully saturated rings. The molecule has 3 aromatic carbocycles. The van der Waals surface area contributed by atoms with Gasteiger partial charge in [-0.25, -0.2) is 8.42 Å². The van der Waals surface area contributed by atoms with Crippen molar-refractivity contribution in [2.75, 3.05) is 13.1 Å². The van der Waals surface area contributed by atoms with Crippen LogP contribution in [0.5, 0.6) is 0 Å². The minimum Gasteiger partial charge on any atom is -0.270 e. The Hall–Kier alpha value is -3.06. The molecule has 1 aromatic heterocycles. The smallest absolute Gasteiger partial charge is 0.252 e. The summed E-state index contributed by atoms with van der Waals surface area (Å²) in [5.41, 5.74) is 3.25. The average molecular weight is 459 g/mol. The van der Waals surface area contributed by atoms with Crippen LogP contribution in [-0.2, 0) is 15.6 Å². The van der Waals surface area contributed by atoms with Gasteiger partial charge in [0.1, 0.15) is 9.75 Å². The maximum absolute atomic E-state index is 13.1. The van der Waals surface area contributed by atoms with Gasteiger partial charge in [-0.2, -0.15) is 4.31 Å². The number of hydrogen-bond acceptors (Lipinski definition) is 4. The number of benzene rings is 3. The predicted octanol–water partition coefficient (Wildman–Crippen LogP) is 5.19. The fourth-order valence-corrected chi connectivity index (χ4v) is 6.70. The van der Waals surface area contributed by atoms with Crippen LogP contribution in [0.2, 0.25) is 0 Å². The van der Waals surface area contributed by atoms with Crippen LogP contribution in [-0.4, -0.2) is 31.5 Å². The molecule has 0 saturated carbocycles. The summed E-state index contributed by atoms with van der Waals surface area (Å²) in [6.45, 7) is 0.612. The van der Waals surface area contributed by atoms with Gasteiger partial charge in [0.25, 0.3) is 10.0 Å². The highest BCUT2D eigenvalue weighted by molar-refractivity contribution is 7.91. The summed E-state index contributed by atoms with van der Waals surface area (Å²) in [4.78, 5) is 5.28. The van der Waals surface area contributed by atoms with Crippen LogP contribution in [0.15, 0.2) is 118 Å². The van der Waals surface area contributed by atoms with E-state index < -0.39 is 15.6 Å². The molecule has 0 radical (unpaired) electrons. The van der Waals surface area contributed by atoms with Crippen LogP contribution in [0.25, 0.3) is 0 Å². The van der Waals surface area contributed by atoms with Gasteiger partial charge >= 0.3 is 0 Å². The van der Waals surface area contributed by atoms with E-state index in [1.807, 2.05) is 91.0 Å². The molecule has 0 spiro atoms. The average Bonchev–Trinajstić information content (AvgIpc) is 3.36. The van der Waals surface area contributed by atoms with Crippen molar-refractivity contribution in [1.82, 2.24) is 4.31 Å². The first-order valence-corrected chi connectivity index (χ1v) is 12.7. The summed E-state index contributed by atoms with van der Waals surface area (Å²) < 4.78 is 28.1. The van der Waals surface area contributed by atoms with Crippen molar-refractivity contribution in [1.29, 1.82) is 0 Å². The third-order valence-corrected chi connectivity index (χ3v) is 8.86. The number of thiophene rings is 1. The highest BCUT2D eigenvalue weighted by Gasteiger charge is 2.50. The number of aliphatic imine (C=N–C) groups is 1. The second-order valence-corrected chi connectivity index (χ2v) is 10.9. The van der Waals surface area contributed by atoms with Crippen LogP contribution in [0.3, 0.4) is 0 Å². The van der Waals surface area contributed by atoms with Crippen molar-refractivity contribution in [2.24, 2.45) is 4.99 Å². The zero-order valence-corrected chi connectivity index (χ0v) is 19.0. The van der Waals surface area contributed by atoms with Gasteiger partial charge in [0.2, 0.25) is 0 Å². The Morgan fingerprint density at radius 1 is 0.750 bits per heavy atom. The molecule has 4 aromatic rings. The van der Waals surface area contributed by atoms with Crippen LogP contribution in [0.1, 0.15) is 16.7 Å². The van der Waals surface area contributed by atoms with Crippen molar-refractivity contribution < 1.29 is 8.42 Å². The third kappa shape index (κ3) is 3.81. The normalized spacial score (nSPS) is 15.6. The first-order chi connectivity index (χ1) is 15.6. The lowest BCUT2D eigenvalue weighted by Crippen LogP contribution is -2.60. The van der Waals surface area contributed by atoms with E-state index in [1.54, 1.807) is 17.5 Å². The molecule has 32 heavy (non-hydrogen) atoms. The zero-order chi connectivity index (χ0) is 22.0. The summed E-state index contributed by atoms with van der Waals surface area (Å²) >= 11 is 1.25. The Bertz CT molecular complexity index is 1270. The number of nitrogens with zero attached hydrogens (tertiary/aromatic N) is 2. The number of rotatable bonds is 6. The molecule has 0 amide bonds. The fraction of sp³-hybridized carbons (Fsp3) is 0.115. The van der Waals surface area contributed by atoms with E-state index >= 15 is 0 Å². The van der Waals surface area contributed by atoms with Gasteiger partial charge in [-0.1, -0.05) is 97.1 Å². The topological polar surface area (TPSA) is 49.7 Å². The SMILES string of the molecule is O=S(=O)(c1cccs1)N1CC(N=C(c2ccccc2)c2ccccc2)(c2ccccc2)C1. The summed E-state index contributed by atoms with van der Waals surface area (Å²) in [7, 11) is -3.52. The van der Waals surface area contributed by atoms with E-state index in [0.717, 1.165) is 22.4 Å². The zero-order valence-electron chi connectivity index (χ0n) is 17.3. The van der Waals surface area contributed by atoms with Crippen molar-refractivity contribution >= 4 is 27.1 Å². The second kappa shape index (κ2) is 8.47. The van der Waals surface area contributed by atoms with Crippen LogP contribution < -0.4 is 0 Å². The van der Waals surface area contributed by atoms with E-state index in [-0.39, 0.29) is 0 Å². The van der Waals surface area contributed by atoms with Crippen LogP contribution in [0, 0.1) is 0 Å². The van der Waals surface area contributed by atoms with Gasteiger partial charge in [0.05, 0.1) is 5.71 Å². The maximum atomic E-state index is 13.1. The van der Waals surface area contributed by atoms with Crippen LogP contribution >= 0.6 is 11.3 Å². The summed E-state index contributed by atoms with van der Waals surface area (Å²) in [5.74, 6) is 0. The molecule has 4 nitrogen and oxygen atoms in total. The maximum Gasteiger partial charge on any atom is 0.252 e.